The SMILES string of the molecule is CC(=O)OC[C@H]1O[C@@H](C[C@@H]2O[C@H](CO)[C@@H](O)[C@H](O)[C@H]2O)[C@H](OC(C)=O)[C@@H]1OC(C)=O. The molecule has 12 heteroatoms. The topological polar surface area (TPSA) is 178 Å². The Morgan fingerprint density at radius 2 is 1.23 bits per heavy atom. The van der Waals surface area contributed by atoms with Crippen LogP contribution in [0.3, 0.4) is 0 Å². The highest BCUT2D eigenvalue weighted by atomic mass is 16.7. The molecule has 0 spiro atoms. The summed E-state index contributed by atoms with van der Waals surface area (Å²) in [6, 6.07) is 0. The highest BCUT2D eigenvalue weighted by Gasteiger charge is 2.52. The van der Waals surface area contributed by atoms with Gasteiger partial charge in [0.2, 0.25) is 0 Å². The molecule has 0 bridgehead atoms. The van der Waals surface area contributed by atoms with Gasteiger partial charge in [-0.05, 0) is 0 Å². The highest BCUT2D eigenvalue weighted by molar-refractivity contribution is 5.68. The fourth-order valence-electron chi connectivity index (χ4n) is 3.60. The van der Waals surface area contributed by atoms with Gasteiger partial charge in [0.05, 0.1) is 12.7 Å². The maximum Gasteiger partial charge on any atom is 0.303 e. The Labute approximate surface area is 172 Å². The molecule has 9 atom stereocenters. The summed E-state index contributed by atoms with van der Waals surface area (Å²) in [6.07, 6.45) is -11.2. The molecule has 0 aromatic rings. The van der Waals surface area contributed by atoms with E-state index in [0.29, 0.717) is 0 Å². The maximum absolute atomic E-state index is 11.6. The van der Waals surface area contributed by atoms with Crippen molar-refractivity contribution in [3.63, 3.8) is 0 Å². The second kappa shape index (κ2) is 10.5. The van der Waals surface area contributed by atoms with Gasteiger partial charge in [0.25, 0.3) is 0 Å². The second-order valence-corrected chi connectivity index (χ2v) is 7.27. The van der Waals surface area contributed by atoms with Gasteiger partial charge in [0, 0.05) is 27.2 Å². The molecule has 0 saturated carbocycles. The van der Waals surface area contributed by atoms with Crippen molar-refractivity contribution in [2.24, 2.45) is 0 Å². The molecule has 0 unspecified atom stereocenters. The summed E-state index contributed by atoms with van der Waals surface area (Å²) in [6.45, 7) is 2.60. The fourth-order valence-corrected chi connectivity index (χ4v) is 3.60. The number of hydrogen-bond donors (Lipinski definition) is 4. The Morgan fingerprint density at radius 3 is 1.73 bits per heavy atom. The quantitative estimate of drug-likeness (QED) is 0.242. The molecule has 0 radical (unpaired) electrons. The Hall–Kier alpha value is -1.83. The number of ether oxygens (including phenoxy) is 5. The Bertz CT molecular complexity index is 622. The summed E-state index contributed by atoms with van der Waals surface area (Å²) in [5, 5.41) is 39.5. The van der Waals surface area contributed by atoms with E-state index in [1.165, 1.54) is 6.92 Å². The third-order valence-corrected chi connectivity index (χ3v) is 4.92. The van der Waals surface area contributed by atoms with Crippen molar-refractivity contribution in [3.05, 3.63) is 0 Å². The average Bonchev–Trinajstić information content (AvgIpc) is 2.95. The monoisotopic (exact) mass is 436 g/mol. The van der Waals surface area contributed by atoms with Crippen molar-refractivity contribution in [2.75, 3.05) is 13.2 Å². The zero-order chi connectivity index (χ0) is 22.6. The molecule has 2 aliphatic rings. The first kappa shape index (κ1) is 24.4. The number of aliphatic hydroxyl groups excluding tert-OH is 4. The summed E-state index contributed by atoms with van der Waals surface area (Å²) in [7, 11) is 0. The van der Waals surface area contributed by atoms with Crippen LogP contribution in [0.2, 0.25) is 0 Å². The van der Waals surface area contributed by atoms with Crippen LogP contribution >= 0.6 is 0 Å². The van der Waals surface area contributed by atoms with E-state index in [1.807, 2.05) is 0 Å². The van der Waals surface area contributed by atoms with Crippen LogP contribution in [0.1, 0.15) is 27.2 Å². The molecule has 2 heterocycles. The smallest absolute Gasteiger partial charge is 0.303 e. The van der Waals surface area contributed by atoms with E-state index in [-0.39, 0.29) is 13.0 Å². The Morgan fingerprint density at radius 1 is 0.733 bits per heavy atom. The summed E-state index contributed by atoms with van der Waals surface area (Å²) < 4.78 is 26.7. The first-order valence-electron chi connectivity index (χ1n) is 9.48. The molecular weight excluding hydrogens is 408 g/mol. The van der Waals surface area contributed by atoms with Crippen molar-refractivity contribution in [3.8, 4) is 0 Å². The minimum atomic E-state index is -1.59. The number of carbonyl (C=O) groups is 3. The van der Waals surface area contributed by atoms with Gasteiger partial charge in [-0.1, -0.05) is 0 Å². The largest absolute Gasteiger partial charge is 0.463 e. The van der Waals surface area contributed by atoms with Crippen LogP contribution in [0.15, 0.2) is 0 Å². The zero-order valence-electron chi connectivity index (χ0n) is 16.9. The van der Waals surface area contributed by atoms with Crippen LogP contribution in [0.4, 0.5) is 0 Å². The van der Waals surface area contributed by atoms with Crippen LogP contribution in [0.25, 0.3) is 0 Å². The minimum Gasteiger partial charge on any atom is -0.463 e. The molecule has 30 heavy (non-hydrogen) atoms. The van der Waals surface area contributed by atoms with Crippen LogP contribution < -0.4 is 0 Å². The van der Waals surface area contributed by atoms with Crippen molar-refractivity contribution in [2.45, 2.75) is 82.1 Å². The second-order valence-electron chi connectivity index (χ2n) is 7.27. The summed E-state index contributed by atoms with van der Waals surface area (Å²) >= 11 is 0. The molecule has 172 valence electrons. The molecule has 12 nitrogen and oxygen atoms in total. The van der Waals surface area contributed by atoms with Gasteiger partial charge in [0.1, 0.15) is 43.2 Å². The van der Waals surface area contributed by atoms with Crippen molar-refractivity contribution in [1.29, 1.82) is 0 Å². The third-order valence-electron chi connectivity index (χ3n) is 4.92. The van der Waals surface area contributed by atoms with E-state index in [4.69, 9.17) is 23.7 Å². The van der Waals surface area contributed by atoms with Crippen molar-refractivity contribution < 1.29 is 58.5 Å². The lowest BCUT2D eigenvalue weighted by molar-refractivity contribution is -0.236. The normalized spacial score (nSPS) is 38.7. The molecule has 0 aliphatic carbocycles. The van der Waals surface area contributed by atoms with Gasteiger partial charge in [0.15, 0.2) is 12.2 Å². The summed E-state index contributed by atoms with van der Waals surface area (Å²) in [4.78, 5) is 34.3. The number of esters is 3. The van der Waals surface area contributed by atoms with Gasteiger partial charge in [-0.25, -0.2) is 0 Å². The number of hydrogen-bond acceptors (Lipinski definition) is 12. The summed E-state index contributed by atoms with van der Waals surface area (Å²) in [5.74, 6) is -1.96. The molecule has 2 fully saturated rings. The maximum atomic E-state index is 11.6. The van der Waals surface area contributed by atoms with Crippen molar-refractivity contribution in [1.82, 2.24) is 0 Å². The van der Waals surface area contributed by atoms with Gasteiger partial charge < -0.3 is 44.1 Å². The van der Waals surface area contributed by atoms with E-state index < -0.39 is 79.5 Å². The molecule has 0 aromatic carbocycles. The summed E-state index contributed by atoms with van der Waals surface area (Å²) in [5.41, 5.74) is 0. The predicted molar refractivity (Wildman–Crippen MR) is 94.8 cm³/mol. The first-order chi connectivity index (χ1) is 14.0. The van der Waals surface area contributed by atoms with Gasteiger partial charge >= 0.3 is 17.9 Å². The predicted octanol–water partition coefficient (Wildman–Crippen LogP) is -2.59. The van der Waals surface area contributed by atoms with Crippen LogP contribution in [-0.2, 0) is 38.1 Å². The van der Waals surface area contributed by atoms with E-state index in [2.05, 4.69) is 0 Å². The Kier molecular flexibility index (Phi) is 8.52. The molecule has 2 saturated heterocycles. The van der Waals surface area contributed by atoms with Gasteiger partial charge in [-0.2, -0.15) is 0 Å². The van der Waals surface area contributed by atoms with E-state index in [0.717, 1.165) is 13.8 Å². The third kappa shape index (κ3) is 5.86. The molecule has 0 amide bonds. The molecular formula is C18H28O12. The standard InChI is InChI=1S/C18H28O12/c1-7(20)26-6-13-18(28-9(3)22)17(27-8(2)21)11(30-13)4-10-14(23)16(25)15(24)12(5-19)29-10/h10-19,23-25H,4-6H2,1-3H3/t10-,11-,12+,13+,14-,15+,16+,17-,18+/m0/s1. The zero-order valence-corrected chi connectivity index (χ0v) is 16.9. The van der Waals surface area contributed by atoms with Gasteiger partial charge in [-0.3, -0.25) is 14.4 Å². The molecule has 2 aliphatic heterocycles. The highest BCUT2D eigenvalue weighted by Crippen LogP contribution is 2.33. The number of rotatable bonds is 7. The van der Waals surface area contributed by atoms with Gasteiger partial charge in [-0.15, -0.1) is 0 Å². The van der Waals surface area contributed by atoms with Crippen molar-refractivity contribution >= 4 is 17.9 Å². The lowest BCUT2D eigenvalue weighted by Gasteiger charge is -2.41. The number of aliphatic hydroxyl groups is 4. The fraction of sp³-hybridized carbons (Fsp3) is 0.833. The van der Waals surface area contributed by atoms with Crippen LogP contribution in [0.5, 0.6) is 0 Å². The van der Waals surface area contributed by atoms with Crippen LogP contribution in [-0.4, -0.2) is 106 Å². The van der Waals surface area contributed by atoms with Crippen LogP contribution in [0, 0.1) is 0 Å². The van der Waals surface area contributed by atoms with E-state index in [1.54, 1.807) is 0 Å². The lowest BCUT2D eigenvalue weighted by Crippen LogP contribution is -2.59. The average molecular weight is 436 g/mol. The molecule has 4 N–H and O–H groups in total. The lowest BCUT2D eigenvalue weighted by atomic mass is 9.91. The number of carbonyl (C=O) groups excluding carboxylic acids is 3. The Balaban J connectivity index is 2.22. The molecule has 2 rings (SSSR count). The van der Waals surface area contributed by atoms with E-state index >= 15 is 0 Å². The first-order valence-corrected chi connectivity index (χ1v) is 9.48. The van der Waals surface area contributed by atoms with E-state index in [9.17, 15) is 34.8 Å². The minimum absolute atomic E-state index is 0.145. The molecule has 0 aromatic heterocycles.